The molecule has 1 aromatic carbocycles. The number of likely N-dealkylation sites (N-methyl/N-ethyl adjacent to an activating group) is 1. The summed E-state index contributed by atoms with van der Waals surface area (Å²) in [7, 11) is 3.24. The van der Waals surface area contributed by atoms with Gasteiger partial charge in [0.15, 0.2) is 0 Å². The van der Waals surface area contributed by atoms with Crippen LogP contribution < -0.4 is 5.32 Å². The van der Waals surface area contributed by atoms with E-state index >= 15 is 0 Å². The van der Waals surface area contributed by atoms with E-state index in [2.05, 4.69) is 10.3 Å². The topological polar surface area (TPSA) is 107 Å². The maximum atomic E-state index is 13.7. The highest BCUT2D eigenvalue weighted by Crippen LogP contribution is 2.38. The van der Waals surface area contributed by atoms with Crippen LogP contribution in [0.3, 0.4) is 0 Å². The van der Waals surface area contributed by atoms with Crippen molar-refractivity contribution >= 4 is 22.9 Å². The zero-order valence-corrected chi connectivity index (χ0v) is 24.4. The first-order valence-corrected chi connectivity index (χ1v) is 14.4. The van der Waals surface area contributed by atoms with Gasteiger partial charge in [-0.05, 0) is 76.1 Å². The first-order valence-electron chi connectivity index (χ1n) is 14.4. The predicted molar refractivity (Wildman–Crippen MR) is 151 cm³/mol. The van der Waals surface area contributed by atoms with Crippen molar-refractivity contribution in [2.24, 2.45) is 5.92 Å². The number of benzene rings is 1. The van der Waals surface area contributed by atoms with Crippen molar-refractivity contribution in [1.82, 2.24) is 20.1 Å². The van der Waals surface area contributed by atoms with Gasteiger partial charge in [0.05, 0.1) is 0 Å². The summed E-state index contributed by atoms with van der Waals surface area (Å²) < 4.78 is 24.5. The number of aromatic nitrogens is 1. The Morgan fingerprint density at radius 1 is 1.25 bits per heavy atom. The number of alkyl carbamates (subject to hydrolysis) is 1. The van der Waals surface area contributed by atoms with Crippen LogP contribution >= 0.6 is 0 Å². The Morgan fingerprint density at radius 3 is 2.65 bits per heavy atom. The lowest BCUT2D eigenvalue weighted by molar-refractivity contribution is -0.182. The Balaban J connectivity index is 1.44. The number of hydrogen-bond acceptors (Lipinski definition) is 6. The lowest BCUT2D eigenvalue weighted by atomic mass is 9.83. The molecule has 1 saturated carbocycles. The summed E-state index contributed by atoms with van der Waals surface area (Å²) in [5, 5.41) is 14.5. The maximum absolute atomic E-state index is 13.7. The number of ether oxygens (including phenoxy) is 2. The average Bonchev–Trinajstić information content (AvgIpc) is 3.52. The summed E-state index contributed by atoms with van der Waals surface area (Å²) in [5.74, 6) is -0.226. The summed E-state index contributed by atoms with van der Waals surface area (Å²) in [6, 6.07) is 4.07. The highest BCUT2D eigenvalue weighted by atomic mass is 19.1. The number of aliphatic hydroxyl groups is 1. The van der Waals surface area contributed by atoms with Gasteiger partial charge < -0.3 is 29.8 Å². The number of methoxy groups -OCH3 is 1. The van der Waals surface area contributed by atoms with Crippen molar-refractivity contribution in [3.8, 4) is 0 Å². The fraction of sp³-hybridized carbons (Fsp3) is 0.667. The molecule has 2 heterocycles. The van der Waals surface area contributed by atoms with E-state index in [-0.39, 0.29) is 29.6 Å². The minimum atomic E-state index is -1.07. The van der Waals surface area contributed by atoms with Gasteiger partial charge in [0.2, 0.25) is 12.3 Å². The summed E-state index contributed by atoms with van der Waals surface area (Å²) in [6.45, 7) is 6.45. The van der Waals surface area contributed by atoms with Crippen molar-refractivity contribution in [3.05, 3.63) is 35.8 Å². The molecule has 2 amide bonds. The van der Waals surface area contributed by atoms with E-state index in [1.807, 2.05) is 11.1 Å². The summed E-state index contributed by atoms with van der Waals surface area (Å²) >= 11 is 0. The van der Waals surface area contributed by atoms with Crippen LogP contribution in [0.4, 0.5) is 9.18 Å². The van der Waals surface area contributed by atoms with Gasteiger partial charge in [-0.3, -0.25) is 9.69 Å². The Bertz CT molecular complexity index is 1160. The highest BCUT2D eigenvalue weighted by molar-refractivity contribution is 5.86. The number of H-pyrrole nitrogens is 1. The van der Waals surface area contributed by atoms with Crippen LogP contribution in [-0.4, -0.2) is 83.2 Å². The number of aliphatic hydroxyl groups excluding tert-OH is 1. The molecule has 10 heteroatoms. The molecule has 0 bridgehead atoms. The second-order valence-corrected chi connectivity index (χ2v) is 12.3. The van der Waals surface area contributed by atoms with Crippen molar-refractivity contribution in [2.75, 3.05) is 27.2 Å². The monoisotopic (exact) mass is 560 g/mol. The van der Waals surface area contributed by atoms with E-state index in [0.717, 1.165) is 55.0 Å². The first kappa shape index (κ1) is 30.3. The van der Waals surface area contributed by atoms with Gasteiger partial charge >= 0.3 is 6.09 Å². The highest BCUT2D eigenvalue weighted by Gasteiger charge is 2.39. The normalized spacial score (nSPS) is 22.3. The third kappa shape index (κ3) is 7.33. The van der Waals surface area contributed by atoms with Crippen molar-refractivity contribution < 1.29 is 28.6 Å². The molecule has 0 radical (unpaired) electrons. The molecule has 222 valence electrons. The second-order valence-electron chi connectivity index (χ2n) is 12.3. The largest absolute Gasteiger partial charge is 0.444 e. The van der Waals surface area contributed by atoms with Gasteiger partial charge in [-0.25, -0.2) is 9.18 Å². The van der Waals surface area contributed by atoms with Crippen LogP contribution in [0.25, 0.3) is 10.9 Å². The Hall–Kier alpha value is -2.69. The number of halogens is 1. The van der Waals surface area contributed by atoms with Gasteiger partial charge in [0.25, 0.3) is 0 Å². The molecule has 2 aliphatic rings. The molecular weight excluding hydrogens is 515 g/mol. The molecule has 9 nitrogen and oxygen atoms in total. The molecule has 1 saturated heterocycles. The molecule has 40 heavy (non-hydrogen) atoms. The van der Waals surface area contributed by atoms with Gasteiger partial charge in [-0.1, -0.05) is 19.3 Å². The van der Waals surface area contributed by atoms with Crippen molar-refractivity contribution in [1.29, 1.82) is 0 Å². The molecule has 1 aliphatic carbocycles. The summed E-state index contributed by atoms with van der Waals surface area (Å²) in [6.07, 6.45) is 6.68. The van der Waals surface area contributed by atoms with Crippen molar-refractivity contribution in [2.45, 2.75) is 95.7 Å². The smallest absolute Gasteiger partial charge is 0.408 e. The fourth-order valence-corrected chi connectivity index (χ4v) is 6.29. The Labute approximate surface area is 236 Å². The van der Waals surface area contributed by atoms with Crippen LogP contribution in [0.2, 0.25) is 0 Å². The molecule has 3 N–H and O–H groups in total. The number of carbonyl (C=O) groups excluding carboxylic acids is 2. The van der Waals surface area contributed by atoms with Crippen LogP contribution in [0.15, 0.2) is 24.4 Å². The van der Waals surface area contributed by atoms with Crippen LogP contribution in [0, 0.1) is 11.7 Å². The fourth-order valence-electron chi connectivity index (χ4n) is 6.29. The van der Waals surface area contributed by atoms with E-state index in [9.17, 15) is 19.1 Å². The number of nitrogens with one attached hydrogen (secondary N) is 2. The minimum absolute atomic E-state index is 0.0347. The molecule has 1 aliphatic heterocycles. The molecule has 4 rings (SSSR count). The van der Waals surface area contributed by atoms with Gasteiger partial charge in [0.1, 0.15) is 17.5 Å². The van der Waals surface area contributed by atoms with Gasteiger partial charge in [-0.2, -0.15) is 0 Å². The van der Waals surface area contributed by atoms with E-state index < -0.39 is 24.2 Å². The number of nitrogens with zero attached hydrogens (tertiary/aromatic N) is 2. The Kier molecular flexibility index (Phi) is 9.74. The SMILES string of the molecule is COC(O)N1CC(c2c[nH]c3cc(F)ccc23)CC1CCN(C)C(=O)C(NC(=O)OC(C)(C)C)C1CCCCC1. The van der Waals surface area contributed by atoms with E-state index in [0.29, 0.717) is 19.5 Å². The third-order valence-corrected chi connectivity index (χ3v) is 8.30. The van der Waals surface area contributed by atoms with Crippen LogP contribution in [0.1, 0.15) is 77.2 Å². The number of hydrogen-bond donors (Lipinski definition) is 3. The predicted octanol–water partition coefficient (Wildman–Crippen LogP) is 4.71. The lowest BCUT2D eigenvalue weighted by Crippen LogP contribution is -2.53. The summed E-state index contributed by atoms with van der Waals surface area (Å²) in [4.78, 5) is 33.1. The molecule has 2 aromatic rings. The molecule has 4 atom stereocenters. The number of rotatable bonds is 9. The van der Waals surface area contributed by atoms with Gasteiger partial charge in [-0.15, -0.1) is 0 Å². The lowest BCUT2D eigenvalue weighted by Gasteiger charge is -2.34. The first-order chi connectivity index (χ1) is 19.0. The maximum Gasteiger partial charge on any atom is 0.408 e. The second kappa shape index (κ2) is 12.9. The number of carbonyl (C=O) groups is 2. The van der Waals surface area contributed by atoms with E-state index in [1.165, 1.54) is 19.2 Å². The molecule has 1 aromatic heterocycles. The van der Waals surface area contributed by atoms with Crippen LogP contribution in [0.5, 0.6) is 0 Å². The van der Waals surface area contributed by atoms with Crippen LogP contribution in [-0.2, 0) is 14.3 Å². The number of amides is 2. The Morgan fingerprint density at radius 2 is 1.98 bits per heavy atom. The molecular formula is C30H45FN4O5. The summed E-state index contributed by atoms with van der Waals surface area (Å²) in [5.41, 5.74) is 1.17. The van der Waals surface area contributed by atoms with E-state index in [4.69, 9.17) is 9.47 Å². The van der Waals surface area contributed by atoms with Gasteiger partial charge in [0, 0.05) is 56.3 Å². The molecule has 2 fully saturated rings. The third-order valence-electron chi connectivity index (χ3n) is 8.30. The number of aromatic amines is 1. The van der Waals surface area contributed by atoms with Crippen molar-refractivity contribution in [3.63, 3.8) is 0 Å². The molecule has 4 unspecified atom stereocenters. The van der Waals surface area contributed by atoms with E-state index in [1.54, 1.807) is 38.8 Å². The number of likely N-dealkylation sites (tertiary alicyclic amines) is 1. The molecule has 0 spiro atoms. The standard InChI is InChI=1S/C30H45FN4O5/c1-30(2,3)40-28(37)33-26(19-9-7-6-8-10-19)27(36)34(4)14-13-22-15-20(18-35(22)29(38)39-5)24-17-32-25-16-21(31)11-12-23(24)25/h11-12,16-17,19-20,22,26,29,32,38H,6-10,13-15,18H2,1-5H3,(H,33,37). The zero-order chi connectivity index (χ0) is 29.0. The number of fused-ring (bicyclic) bond motifs is 1. The quantitative estimate of drug-likeness (QED) is 0.384. The minimum Gasteiger partial charge on any atom is -0.444 e. The zero-order valence-electron chi connectivity index (χ0n) is 24.4. The average molecular weight is 561 g/mol.